The molecule has 1 aromatic heterocycles. The van der Waals surface area contributed by atoms with Gasteiger partial charge in [-0.2, -0.15) is 0 Å². The molecule has 20 heavy (non-hydrogen) atoms. The lowest BCUT2D eigenvalue weighted by Gasteiger charge is -2.06. The molecule has 0 saturated heterocycles. The van der Waals surface area contributed by atoms with E-state index in [4.69, 9.17) is 10.2 Å². The summed E-state index contributed by atoms with van der Waals surface area (Å²) in [4.78, 5) is 12.2. The summed E-state index contributed by atoms with van der Waals surface area (Å²) in [5.74, 6) is 1.39. The van der Waals surface area contributed by atoms with E-state index in [0.717, 1.165) is 29.0 Å². The van der Waals surface area contributed by atoms with Crippen molar-refractivity contribution in [3.05, 3.63) is 52.5 Å². The van der Waals surface area contributed by atoms with Crippen LogP contribution in [0.1, 0.15) is 33.0 Å². The van der Waals surface area contributed by atoms with E-state index in [2.05, 4.69) is 5.32 Å². The molecule has 0 unspecified atom stereocenters. The highest BCUT2D eigenvalue weighted by molar-refractivity contribution is 5.96. The van der Waals surface area contributed by atoms with Crippen molar-refractivity contribution >= 4 is 11.6 Å². The van der Waals surface area contributed by atoms with Gasteiger partial charge in [-0.15, -0.1) is 0 Å². The zero-order valence-corrected chi connectivity index (χ0v) is 12.1. The monoisotopic (exact) mass is 272 g/mol. The number of furan rings is 1. The fourth-order valence-electron chi connectivity index (χ4n) is 2.22. The van der Waals surface area contributed by atoms with Crippen molar-refractivity contribution in [2.45, 2.75) is 27.2 Å². The zero-order valence-electron chi connectivity index (χ0n) is 12.1. The summed E-state index contributed by atoms with van der Waals surface area (Å²) in [5.41, 5.74) is 9.09. The lowest BCUT2D eigenvalue weighted by molar-refractivity contribution is 0.0952. The second-order valence-electron chi connectivity index (χ2n) is 4.96. The lowest BCUT2D eigenvalue weighted by atomic mass is 10.1. The van der Waals surface area contributed by atoms with Gasteiger partial charge in [0.15, 0.2) is 0 Å². The van der Waals surface area contributed by atoms with Crippen molar-refractivity contribution < 1.29 is 9.21 Å². The Labute approximate surface area is 119 Å². The van der Waals surface area contributed by atoms with Gasteiger partial charge in [-0.05, 0) is 44.9 Å². The SMILES string of the molecule is Cc1oc(C)c(C(=O)NCCc2ccc(N)cc2)c1C. The van der Waals surface area contributed by atoms with Crippen LogP contribution < -0.4 is 11.1 Å². The second kappa shape index (κ2) is 5.82. The van der Waals surface area contributed by atoms with Gasteiger partial charge in [0.05, 0.1) is 5.56 Å². The van der Waals surface area contributed by atoms with Crippen molar-refractivity contribution in [1.29, 1.82) is 0 Å². The maximum absolute atomic E-state index is 12.2. The molecule has 2 aromatic rings. The quantitative estimate of drug-likeness (QED) is 0.841. The maximum atomic E-state index is 12.2. The minimum Gasteiger partial charge on any atom is -0.466 e. The topological polar surface area (TPSA) is 68.3 Å². The molecule has 1 aromatic carbocycles. The first kappa shape index (κ1) is 14.2. The molecular weight excluding hydrogens is 252 g/mol. The highest BCUT2D eigenvalue weighted by Crippen LogP contribution is 2.20. The summed E-state index contributed by atoms with van der Waals surface area (Å²) >= 11 is 0. The van der Waals surface area contributed by atoms with E-state index in [-0.39, 0.29) is 5.91 Å². The average molecular weight is 272 g/mol. The molecule has 0 atom stereocenters. The summed E-state index contributed by atoms with van der Waals surface area (Å²) in [6.07, 6.45) is 0.779. The van der Waals surface area contributed by atoms with Crippen molar-refractivity contribution in [2.24, 2.45) is 0 Å². The second-order valence-corrected chi connectivity index (χ2v) is 4.96. The van der Waals surface area contributed by atoms with Crippen LogP contribution in [-0.2, 0) is 6.42 Å². The Morgan fingerprint density at radius 3 is 2.35 bits per heavy atom. The smallest absolute Gasteiger partial charge is 0.255 e. The average Bonchev–Trinajstić information content (AvgIpc) is 2.65. The van der Waals surface area contributed by atoms with Crippen molar-refractivity contribution in [3.63, 3.8) is 0 Å². The van der Waals surface area contributed by atoms with Crippen molar-refractivity contribution in [2.75, 3.05) is 12.3 Å². The predicted molar refractivity (Wildman–Crippen MR) is 79.8 cm³/mol. The van der Waals surface area contributed by atoms with E-state index < -0.39 is 0 Å². The van der Waals surface area contributed by atoms with Gasteiger partial charge < -0.3 is 15.5 Å². The van der Waals surface area contributed by atoms with Crippen LogP contribution in [0.25, 0.3) is 0 Å². The highest BCUT2D eigenvalue weighted by atomic mass is 16.3. The maximum Gasteiger partial charge on any atom is 0.255 e. The van der Waals surface area contributed by atoms with Gasteiger partial charge in [0, 0.05) is 17.8 Å². The van der Waals surface area contributed by atoms with E-state index in [1.165, 1.54) is 0 Å². The van der Waals surface area contributed by atoms with Gasteiger partial charge in [0.25, 0.3) is 5.91 Å². The summed E-state index contributed by atoms with van der Waals surface area (Å²) in [5, 5.41) is 2.93. The van der Waals surface area contributed by atoms with Crippen LogP contribution in [0.2, 0.25) is 0 Å². The number of hydrogen-bond acceptors (Lipinski definition) is 3. The molecule has 3 N–H and O–H groups in total. The highest BCUT2D eigenvalue weighted by Gasteiger charge is 2.17. The number of carbonyl (C=O) groups excluding carboxylic acids is 1. The number of nitrogens with two attached hydrogens (primary N) is 1. The fraction of sp³-hybridized carbons (Fsp3) is 0.312. The van der Waals surface area contributed by atoms with Crippen molar-refractivity contribution in [1.82, 2.24) is 5.32 Å². The number of carbonyl (C=O) groups is 1. The third kappa shape index (κ3) is 3.02. The molecule has 1 amide bonds. The van der Waals surface area contributed by atoms with Gasteiger partial charge in [-0.25, -0.2) is 0 Å². The predicted octanol–water partition coefficient (Wildman–Crippen LogP) is 2.76. The number of benzene rings is 1. The molecule has 0 bridgehead atoms. The summed E-state index contributed by atoms with van der Waals surface area (Å²) in [7, 11) is 0. The number of nitrogens with one attached hydrogen (secondary N) is 1. The lowest BCUT2D eigenvalue weighted by Crippen LogP contribution is -2.26. The van der Waals surface area contributed by atoms with Crippen LogP contribution in [0.15, 0.2) is 28.7 Å². The third-order valence-corrected chi connectivity index (χ3v) is 3.47. The first-order valence-corrected chi connectivity index (χ1v) is 6.68. The molecule has 4 nitrogen and oxygen atoms in total. The molecule has 4 heteroatoms. The van der Waals surface area contributed by atoms with Crippen LogP contribution in [-0.4, -0.2) is 12.5 Å². The van der Waals surface area contributed by atoms with Gasteiger partial charge in [0.1, 0.15) is 11.5 Å². The number of hydrogen-bond donors (Lipinski definition) is 2. The van der Waals surface area contributed by atoms with Crippen LogP contribution in [0.4, 0.5) is 5.69 Å². The molecule has 0 saturated carbocycles. The molecule has 106 valence electrons. The van der Waals surface area contributed by atoms with Gasteiger partial charge in [0.2, 0.25) is 0 Å². The van der Waals surface area contributed by atoms with Crippen LogP contribution in [0.5, 0.6) is 0 Å². The Bertz CT molecular complexity index is 612. The fourth-order valence-corrected chi connectivity index (χ4v) is 2.22. The Morgan fingerprint density at radius 2 is 1.80 bits per heavy atom. The first-order valence-electron chi connectivity index (χ1n) is 6.68. The van der Waals surface area contributed by atoms with E-state index >= 15 is 0 Å². The number of nitrogen functional groups attached to an aromatic ring is 1. The van der Waals surface area contributed by atoms with Crippen LogP contribution in [0, 0.1) is 20.8 Å². The standard InChI is InChI=1S/C16H20N2O2/c1-10-11(2)20-12(3)15(10)16(19)18-9-8-13-4-6-14(17)7-5-13/h4-7H,8-9,17H2,1-3H3,(H,18,19). The molecule has 0 aliphatic rings. The number of amides is 1. The zero-order chi connectivity index (χ0) is 14.7. The Morgan fingerprint density at radius 1 is 1.15 bits per heavy atom. The molecular formula is C16H20N2O2. The molecule has 0 aliphatic heterocycles. The molecule has 0 aliphatic carbocycles. The number of aryl methyl sites for hydroxylation is 2. The molecule has 0 fully saturated rings. The van der Waals surface area contributed by atoms with E-state index in [1.807, 2.05) is 45.0 Å². The summed E-state index contributed by atoms with van der Waals surface area (Å²) in [6.45, 7) is 6.18. The normalized spacial score (nSPS) is 10.6. The van der Waals surface area contributed by atoms with E-state index in [9.17, 15) is 4.79 Å². The largest absolute Gasteiger partial charge is 0.466 e. The Kier molecular flexibility index (Phi) is 4.13. The Balaban J connectivity index is 1.94. The summed E-state index contributed by atoms with van der Waals surface area (Å²) in [6, 6.07) is 7.68. The first-order chi connectivity index (χ1) is 9.49. The van der Waals surface area contributed by atoms with Crippen LogP contribution in [0.3, 0.4) is 0 Å². The number of rotatable bonds is 4. The van der Waals surface area contributed by atoms with E-state index in [0.29, 0.717) is 17.9 Å². The van der Waals surface area contributed by atoms with Crippen molar-refractivity contribution in [3.8, 4) is 0 Å². The Hall–Kier alpha value is -2.23. The third-order valence-electron chi connectivity index (χ3n) is 3.47. The minimum absolute atomic E-state index is 0.0766. The van der Waals surface area contributed by atoms with Gasteiger partial charge >= 0.3 is 0 Å². The van der Waals surface area contributed by atoms with E-state index in [1.54, 1.807) is 0 Å². The van der Waals surface area contributed by atoms with Crippen LogP contribution >= 0.6 is 0 Å². The number of anilines is 1. The van der Waals surface area contributed by atoms with Gasteiger partial charge in [-0.1, -0.05) is 12.1 Å². The minimum atomic E-state index is -0.0766. The molecule has 2 rings (SSSR count). The molecule has 1 heterocycles. The molecule has 0 radical (unpaired) electrons. The summed E-state index contributed by atoms with van der Waals surface area (Å²) < 4.78 is 5.47. The molecule has 0 spiro atoms. The van der Waals surface area contributed by atoms with Gasteiger partial charge in [-0.3, -0.25) is 4.79 Å².